The van der Waals surface area contributed by atoms with Crippen molar-refractivity contribution < 1.29 is 225 Å². The quantitative estimate of drug-likeness (QED) is 0.0387. The third-order valence-corrected chi connectivity index (χ3v) is 17.8. The van der Waals surface area contributed by atoms with E-state index in [2.05, 4.69) is 32.7 Å². The number of alkyl halides is 3. The van der Waals surface area contributed by atoms with Gasteiger partial charge in [-0.1, -0.05) is 126 Å². The Hall–Kier alpha value is 4.05. The van der Waals surface area contributed by atoms with Crippen molar-refractivity contribution in [1.29, 1.82) is 0 Å². The summed E-state index contributed by atoms with van der Waals surface area (Å²) in [5.41, 5.74) is 13.1. The van der Waals surface area contributed by atoms with Crippen LogP contribution in [0, 0.1) is 209 Å². The first kappa shape index (κ1) is 94.5. The van der Waals surface area contributed by atoms with E-state index in [4.69, 9.17) is 72.6 Å². The number of aliphatic imine (C=N–C) groups is 2. The molecule has 0 radical (unpaired) electrons. The molecule has 5 rings (SSSR count). The minimum atomic E-state index is -3.14. The second kappa shape index (κ2) is 53.1. The molecule has 68 heavy (non-hydrogen) atoms. The molecule has 378 valence electrons. The van der Waals surface area contributed by atoms with E-state index in [0.717, 1.165) is 23.8 Å². The fraction of sp³-hybridized carbons (Fsp3) is 0.385. The molecule has 15 nitrogen and oxygen atoms in total. The normalized spacial score (nSPS) is 18.4. The average Bonchev–Trinajstić information content (AvgIpc) is 3.27. The topological polar surface area (TPSA) is 226 Å². The SMILES string of the molecule is CN1C(=S)NCC(c2ccccc2)P1(=O)CO.CN1C(N)=NCC(c2ccccc2)P1(=O)CO.CN=C=S.CO.COP(=O)(OC)C(CN)c1ccccc1.ClC(Cl)Cl.[CH3-].[CH3-].[CH3-].[U].[U].[U].[U].[U].[U]. The van der Waals surface area contributed by atoms with Gasteiger partial charge in [-0.3, -0.25) is 23.4 Å². The van der Waals surface area contributed by atoms with Crippen LogP contribution >= 0.6 is 81.4 Å². The monoisotopic (exact) mass is 2450 g/mol. The number of aliphatic hydroxyl groups is 3. The molecule has 0 spiro atoms. The molecule has 3 aromatic rings. The predicted molar refractivity (Wildman–Crippen MR) is 270 cm³/mol. The number of halogens is 3. The molecule has 8 N–H and O–H groups in total. The van der Waals surface area contributed by atoms with E-state index in [-0.39, 0.29) is 245 Å². The van der Waals surface area contributed by atoms with Gasteiger partial charge in [-0.2, -0.15) is 0 Å². The van der Waals surface area contributed by atoms with Gasteiger partial charge < -0.3 is 68.1 Å². The number of hydrogen-bond acceptors (Lipinski definition) is 14. The molecule has 2 heterocycles. The van der Waals surface area contributed by atoms with Crippen LogP contribution in [-0.2, 0) is 22.7 Å². The molecule has 2 aliphatic heterocycles. The molecule has 2 aliphatic rings. The first-order valence-corrected chi connectivity index (χ1v) is 24.9. The molecule has 0 saturated carbocycles. The molecular weight excluding hydrogens is 2390 g/mol. The summed E-state index contributed by atoms with van der Waals surface area (Å²) in [5, 5.41) is 31.6. The van der Waals surface area contributed by atoms with E-state index in [1.165, 1.54) is 23.6 Å². The Morgan fingerprint density at radius 1 is 0.809 bits per heavy atom. The van der Waals surface area contributed by atoms with Crippen molar-refractivity contribution in [2.45, 2.75) is 21.3 Å². The number of benzene rings is 3. The summed E-state index contributed by atoms with van der Waals surface area (Å²) in [6.07, 6.45) is -0.746. The summed E-state index contributed by atoms with van der Waals surface area (Å²) >= 11 is 23.6. The Balaban J connectivity index is -0.0000000796. The van der Waals surface area contributed by atoms with Crippen LogP contribution in [0.5, 0.6) is 0 Å². The molecule has 29 heteroatoms. The smallest absolute Gasteiger partial charge is 0.338 e. The maximum Gasteiger partial charge on any atom is 0.338 e. The summed E-state index contributed by atoms with van der Waals surface area (Å²) < 4.78 is 49.9. The number of hydrogen-bond donors (Lipinski definition) is 6. The summed E-state index contributed by atoms with van der Waals surface area (Å²) in [6.45, 7) is 1.09. The van der Waals surface area contributed by atoms with E-state index < -0.39 is 32.1 Å². The van der Waals surface area contributed by atoms with Gasteiger partial charge in [0.05, 0.1) is 28.7 Å². The Labute approximate surface area is 574 Å². The van der Waals surface area contributed by atoms with Gasteiger partial charge in [0, 0.05) is 242 Å². The van der Waals surface area contributed by atoms with E-state index in [9.17, 15) is 23.9 Å². The average molecular weight is 2450 g/mol. The predicted octanol–water partition coefficient (Wildman–Crippen LogP) is 8.83. The minimum absolute atomic E-state index is 0. The zero-order valence-corrected chi connectivity index (χ0v) is 71.2. The molecule has 0 amide bonds. The number of nitrogens with zero attached hydrogens (tertiary/aromatic N) is 4. The second-order valence-corrected chi connectivity index (χ2v) is 22.7. The zero-order valence-electron chi connectivity index (χ0n) is 39.6. The van der Waals surface area contributed by atoms with Gasteiger partial charge in [0.15, 0.2) is 15.4 Å². The molecule has 0 aromatic heterocycles. The van der Waals surface area contributed by atoms with Crippen LogP contribution in [0.4, 0.5) is 0 Å². The third kappa shape index (κ3) is 31.5. The first-order chi connectivity index (χ1) is 28.0. The molecule has 3 aromatic carbocycles. The van der Waals surface area contributed by atoms with Crippen LogP contribution < -0.4 is 16.8 Å². The maximum atomic E-state index is 12.8. The van der Waals surface area contributed by atoms with Crippen molar-refractivity contribution in [2.24, 2.45) is 21.5 Å². The van der Waals surface area contributed by atoms with Crippen molar-refractivity contribution in [3.63, 3.8) is 0 Å². The molecule has 0 bridgehead atoms. The Bertz CT molecular complexity index is 1890. The van der Waals surface area contributed by atoms with E-state index in [1.54, 1.807) is 21.1 Å². The van der Waals surface area contributed by atoms with Gasteiger partial charge >= 0.3 is 7.60 Å². The molecule has 1 saturated heterocycles. The summed E-state index contributed by atoms with van der Waals surface area (Å²) in [7, 11) is -0.351. The third-order valence-electron chi connectivity index (χ3n) is 8.65. The molecule has 0 aliphatic carbocycles. The number of thiocarbonyl (C=S) groups is 2. The summed E-state index contributed by atoms with van der Waals surface area (Å²) in [5.74, 6) is 0.231. The molecular formula is C39H64Cl3N7O8P3S2U6-3. The second-order valence-electron chi connectivity index (χ2n) is 11.7. The maximum absolute atomic E-state index is 12.8. The Morgan fingerprint density at radius 3 is 1.47 bits per heavy atom. The fourth-order valence-corrected chi connectivity index (χ4v) is 11.8. The van der Waals surface area contributed by atoms with Gasteiger partial charge in [-0.05, 0) is 41.1 Å². The van der Waals surface area contributed by atoms with E-state index in [1.807, 2.05) is 91.0 Å². The van der Waals surface area contributed by atoms with Crippen molar-refractivity contribution in [2.75, 3.05) is 74.8 Å². The van der Waals surface area contributed by atoms with Crippen molar-refractivity contribution >= 4 is 97.7 Å². The number of rotatable bonds is 9. The summed E-state index contributed by atoms with van der Waals surface area (Å²) in [4.78, 5) is 7.45. The van der Waals surface area contributed by atoms with E-state index >= 15 is 0 Å². The van der Waals surface area contributed by atoms with Crippen molar-refractivity contribution in [3.05, 3.63) is 130 Å². The van der Waals surface area contributed by atoms with Gasteiger partial charge in [0.2, 0.25) is 14.6 Å². The number of aliphatic hydroxyl groups excluding tert-OH is 3. The largest absolute Gasteiger partial charge is 0.400 e. The van der Waals surface area contributed by atoms with Gasteiger partial charge in [0.1, 0.15) is 12.7 Å². The fourth-order valence-electron chi connectivity index (χ4n) is 5.47. The van der Waals surface area contributed by atoms with Crippen LogP contribution in [0.1, 0.15) is 33.7 Å². The Kier molecular flexibility index (Phi) is 73.7. The Morgan fingerprint density at radius 2 is 1.15 bits per heavy atom. The van der Waals surface area contributed by atoms with Crippen LogP contribution in [0.2, 0.25) is 0 Å². The minimum Gasteiger partial charge on any atom is -0.400 e. The van der Waals surface area contributed by atoms with Crippen molar-refractivity contribution in [3.8, 4) is 0 Å². The van der Waals surface area contributed by atoms with Crippen LogP contribution in [0.25, 0.3) is 0 Å². The van der Waals surface area contributed by atoms with Crippen LogP contribution in [0.3, 0.4) is 0 Å². The van der Waals surface area contributed by atoms with Gasteiger partial charge in [-0.25, -0.2) is 4.99 Å². The van der Waals surface area contributed by atoms with E-state index in [0.29, 0.717) is 18.2 Å². The first-order valence-electron chi connectivity index (χ1n) is 17.4. The standard InChI is InChI=1S/C11H16N3O2P.C11H15N2O2PS.C10H16NO3P.C2H3NS.CHCl3.CH4O.3CH3.6U/c1-14-11(12)13-7-10(17(14,16)8-15)9-5-3-2-4-6-9;1-13-11(17)12-7-10(16(13,15)8-14)9-5-3-2-4-6-9;1-13-15(12,14-2)10(8-11)9-6-4-3-5-7-9;1-3-2-4;2-1(3)4;1-2;;;;;;;;;/h2-6,10,15H,7-8H2,1H3,(H2,12,13);2-6,10,14H,7-8H2,1H3,(H,12,17);3-7,10H,8,11H2,1-2H3;1H3;1H;2H,1H3;3*1H3;;;;;;/q;;;;;;3*-1;;;;;;. The number of guanidine groups is 1. The molecule has 5 unspecified atom stereocenters. The number of isothiocyanates is 1. The van der Waals surface area contributed by atoms with Gasteiger partial charge in [0.25, 0.3) is 0 Å². The zero-order chi connectivity index (χ0) is 45.2. The molecule has 5 atom stereocenters. The van der Waals surface area contributed by atoms with Gasteiger partial charge in [-0.15, -0.1) is 0 Å². The molecule has 1 fully saturated rings. The van der Waals surface area contributed by atoms with Crippen LogP contribution in [0.15, 0.2) is 101 Å². The number of nitrogens with one attached hydrogen (secondary N) is 1. The number of nitrogens with two attached hydrogens (primary N) is 2. The van der Waals surface area contributed by atoms with Crippen LogP contribution in [-0.4, -0.2) is 120 Å². The van der Waals surface area contributed by atoms with Crippen molar-refractivity contribution in [1.82, 2.24) is 14.7 Å². The summed E-state index contributed by atoms with van der Waals surface area (Å²) in [6, 6.07) is 28.4.